The molecule has 0 saturated carbocycles. The summed E-state index contributed by atoms with van der Waals surface area (Å²) >= 11 is 18.2. The average molecular weight is 1610 g/mol. The number of sulfonamides is 1. The van der Waals surface area contributed by atoms with Crippen molar-refractivity contribution < 1.29 is 80.5 Å². The second kappa shape index (κ2) is 34.4. The number of nitrogens with zero attached hydrogens (tertiary/aromatic N) is 16. The maximum Gasteiger partial charge on any atom is 0.405 e. The number of carbonyl (C=O) groups is 5. The number of alkyl halides is 9. The molecular weight excluding hydrogens is 1520 g/mol. The molecule has 0 bridgehead atoms. The van der Waals surface area contributed by atoms with Crippen LogP contribution in [0.1, 0.15) is 41.7 Å². The molecule has 3 saturated heterocycles. The minimum atomic E-state index is -4.62. The highest BCUT2D eigenvalue weighted by Gasteiger charge is 2.42. The third kappa shape index (κ3) is 20.3. The van der Waals surface area contributed by atoms with Crippen LogP contribution < -0.4 is 36.0 Å². The predicted octanol–water partition coefficient (Wildman–Crippen LogP) is 9.93. The van der Waals surface area contributed by atoms with E-state index in [0.717, 1.165) is 10.7 Å². The van der Waals surface area contributed by atoms with E-state index in [1.54, 1.807) is 72.8 Å². The Kier molecular flexibility index (Phi) is 25.6. The molecule has 43 heteroatoms. The lowest BCUT2D eigenvalue weighted by atomic mass is 10.1. The van der Waals surface area contributed by atoms with Gasteiger partial charge in [0, 0.05) is 164 Å². The zero-order valence-corrected chi connectivity index (χ0v) is 61.0. The van der Waals surface area contributed by atoms with Crippen LogP contribution >= 0.6 is 34.8 Å². The highest BCUT2D eigenvalue weighted by atomic mass is 35.5. The molecule has 590 valence electrons. The first-order valence-electron chi connectivity index (χ1n) is 33.4. The average Bonchev–Trinajstić information content (AvgIpc) is 1.44. The number of aromatic nitrogens is 12. The lowest BCUT2D eigenvalue weighted by Gasteiger charge is -2.41. The van der Waals surface area contributed by atoms with Crippen molar-refractivity contribution in [2.45, 2.75) is 69.8 Å². The van der Waals surface area contributed by atoms with E-state index in [9.17, 15) is 71.9 Å². The number of carbonyl (C=O) groups excluding carboxylic acids is 5. The third-order valence-corrected chi connectivity index (χ3v) is 19.6. The van der Waals surface area contributed by atoms with Crippen molar-refractivity contribution in [3.63, 3.8) is 0 Å². The minimum absolute atomic E-state index is 0. The van der Waals surface area contributed by atoms with Gasteiger partial charge in [0.1, 0.15) is 72.2 Å². The predicted molar refractivity (Wildman–Crippen MR) is 396 cm³/mol. The van der Waals surface area contributed by atoms with Gasteiger partial charge in [0.15, 0.2) is 17.5 Å². The second-order valence-corrected chi connectivity index (χ2v) is 28.3. The molecule has 0 aromatic carbocycles. The van der Waals surface area contributed by atoms with Gasteiger partial charge in [-0.25, -0.2) is 62.9 Å². The van der Waals surface area contributed by atoms with E-state index in [4.69, 9.17) is 34.8 Å². The Balaban J connectivity index is 0.000000351. The highest BCUT2D eigenvalue weighted by Crippen LogP contribution is 2.34. The summed E-state index contributed by atoms with van der Waals surface area (Å²) in [5, 5.41) is 11.8. The first-order valence-corrected chi connectivity index (χ1v) is 36.1. The van der Waals surface area contributed by atoms with Crippen molar-refractivity contribution in [2.75, 3.05) is 120 Å². The molecule has 3 aliphatic rings. The lowest BCUT2D eigenvalue weighted by molar-refractivity contribution is -0.139. The largest absolute Gasteiger partial charge is 0.405 e. The van der Waals surface area contributed by atoms with Gasteiger partial charge in [-0.2, -0.15) is 43.8 Å². The molecule has 0 spiro atoms. The van der Waals surface area contributed by atoms with Gasteiger partial charge in [-0.15, -0.1) is 0 Å². The Morgan fingerprint density at radius 2 is 0.880 bits per heavy atom. The van der Waals surface area contributed by atoms with E-state index in [1.165, 1.54) is 62.8 Å². The van der Waals surface area contributed by atoms with E-state index in [-0.39, 0.29) is 96.9 Å². The van der Waals surface area contributed by atoms with E-state index < -0.39 is 84.0 Å². The number of fused-ring (bicyclic) bond motifs is 3. The summed E-state index contributed by atoms with van der Waals surface area (Å²) in [5.41, 5.74) is 3.56. The maximum absolute atomic E-state index is 12.9. The van der Waals surface area contributed by atoms with Crippen LogP contribution in [-0.4, -0.2) is 259 Å². The van der Waals surface area contributed by atoms with Crippen LogP contribution in [0, 0.1) is 0 Å². The van der Waals surface area contributed by atoms with Crippen LogP contribution in [-0.2, 0) is 24.4 Å². The molecule has 7 N–H and O–H groups in total. The minimum Gasteiger partial charge on any atom is -0.345 e. The van der Waals surface area contributed by atoms with Gasteiger partial charge in [0.25, 0.3) is 0 Å². The quantitative estimate of drug-likeness (QED) is 0.0393. The van der Waals surface area contributed by atoms with Gasteiger partial charge >= 0.3 is 30.6 Å². The summed E-state index contributed by atoms with van der Waals surface area (Å²) in [6, 6.07) is 5.66. The SMILES string of the molecule is CCCCS(=O)(=O)N1CCN(c2ccnc(-c3c[nH]c4ncc(Cl)cc34)n2)[C@@H](C(=O)NCC(F)(F)F)C1.CCCNC(=O)N1CCN(c2ccnc(-c3c[nH]c4ncc(Cl)cc34)n2)[C@@H](C(=O)NCC(F)(F)F)C1.CN(C)C(=O)N1CCN(c2ccnc(-c3c[nH]c4ncc(Cl)cc34)n2)[C@@H](C(=O)NCC(F)(F)F)C1.[HH].[HH].[HH].[HH].[HH].[HH]. The van der Waals surface area contributed by atoms with Gasteiger partial charge in [-0.05, 0) is 49.2 Å². The van der Waals surface area contributed by atoms with Crippen molar-refractivity contribution in [3.05, 3.63) is 107 Å². The second-order valence-electron chi connectivity index (χ2n) is 24.9. The number of halogens is 12. The third-order valence-electron chi connectivity index (χ3n) is 17.0. The number of anilines is 3. The fourth-order valence-corrected chi connectivity index (χ4v) is 13.9. The molecule has 3 aliphatic heterocycles. The molecule has 0 unspecified atom stereocenters. The standard InChI is InChI=1S/C22H24ClF3N8O2.C22H25ClF3N7O3S.C21H22ClF3N8O2.6H2/c1-2-4-28-21(36)33-6-7-34(16(11-33)20(35)31-12-22(24,25)26)17-3-5-27-19(32-17)15-10-30-18-14(15)8-13(23)9-29-18;1-2-3-8-37(35,36)32-6-7-33(17(12-32)21(34)30-13-22(24,25)26)18-4-5-27-20(31-18)16-11-29-19-15(16)9-14(23)10-28-19;1-31(2)20(35)32-5-6-33(15(10-32)19(34)29-11-21(23,24)25)16-3-4-26-18(30-16)14-9-28-17-13(14)7-12(22)8-27-17;;;;;;/h3,5,8-10,16H,2,4,6-7,11-12H2,1H3,(H,28,36)(H,29,30)(H,31,35);4-5,9-11,17H,2-3,6-8,12-13H2,1H3,(H,28,29)(H,30,34);3-4,7-9,15H,5-6,10-11H2,1-2H3,(H,27,28)(H,29,34);6*1H/t16-;17-;15-;;;;;;/m111....../s1. The number of H-pyrrole nitrogens is 3. The smallest absolute Gasteiger partial charge is 0.345 e. The van der Waals surface area contributed by atoms with Gasteiger partial charge in [-0.3, -0.25) is 14.4 Å². The molecule has 0 radical (unpaired) electrons. The van der Waals surface area contributed by atoms with E-state index in [1.807, 2.05) is 29.8 Å². The zero-order valence-electron chi connectivity index (χ0n) is 57.9. The fourth-order valence-electron chi connectivity index (χ4n) is 11.8. The van der Waals surface area contributed by atoms with E-state index in [0.29, 0.717) is 108 Å². The molecule has 9 aromatic heterocycles. The van der Waals surface area contributed by atoms with Crippen molar-refractivity contribution in [1.82, 2.24) is 100 Å². The molecular formula is C65H83Cl3F9N23O7S. The number of amides is 7. The number of urea groups is 2. The summed E-state index contributed by atoms with van der Waals surface area (Å²) < 4.78 is 142. The van der Waals surface area contributed by atoms with Crippen molar-refractivity contribution in [2.24, 2.45) is 0 Å². The Morgan fingerprint density at radius 3 is 1.24 bits per heavy atom. The number of aromatic amines is 3. The molecule has 3 fully saturated rings. The number of nitrogens with one attached hydrogen (secondary N) is 7. The number of hydrogen-bond donors (Lipinski definition) is 7. The summed E-state index contributed by atoms with van der Waals surface area (Å²) in [4.78, 5) is 121. The highest BCUT2D eigenvalue weighted by molar-refractivity contribution is 7.89. The summed E-state index contributed by atoms with van der Waals surface area (Å²) in [6.45, 7) is 0.181. The van der Waals surface area contributed by atoms with Crippen LogP contribution in [0.15, 0.2) is 92.2 Å². The summed E-state index contributed by atoms with van der Waals surface area (Å²) in [6.07, 6.45) is 2.01. The van der Waals surface area contributed by atoms with Crippen molar-refractivity contribution in [3.8, 4) is 34.2 Å². The number of unbranched alkanes of at least 4 members (excludes halogenated alkanes) is 1. The first kappa shape index (κ1) is 80.4. The van der Waals surface area contributed by atoms with Crippen molar-refractivity contribution >= 4 is 125 Å². The number of rotatable bonds is 18. The molecule has 9 aromatic rings. The Labute approximate surface area is 633 Å². The molecule has 30 nitrogen and oxygen atoms in total. The lowest BCUT2D eigenvalue weighted by Crippen LogP contribution is -2.62. The summed E-state index contributed by atoms with van der Waals surface area (Å²) in [7, 11) is -0.561. The Bertz CT molecular complexity index is 4860. The molecule has 3 atom stereocenters. The topological polar surface area (TPSA) is 354 Å². The Hall–Kier alpha value is -10.2. The molecule has 7 amide bonds. The van der Waals surface area contributed by atoms with Gasteiger partial charge in [0.2, 0.25) is 27.7 Å². The monoisotopic (exact) mass is 1610 g/mol. The number of hydrogen-bond acceptors (Lipinski definition) is 19. The van der Waals surface area contributed by atoms with E-state index in [2.05, 4.69) is 65.1 Å². The first-order chi connectivity index (χ1) is 51.2. The molecule has 12 rings (SSSR count). The molecule has 0 aliphatic carbocycles. The van der Waals surface area contributed by atoms with Gasteiger partial charge in [0.05, 0.1) is 33.9 Å². The van der Waals surface area contributed by atoms with Crippen LogP contribution in [0.4, 0.5) is 66.6 Å². The zero-order chi connectivity index (χ0) is 78.0. The van der Waals surface area contributed by atoms with Crippen LogP contribution in [0.25, 0.3) is 67.3 Å². The van der Waals surface area contributed by atoms with Crippen LogP contribution in [0.3, 0.4) is 0 Å². The number of piperazine rings is 3. The summed E-state index contributed by atoms with van der Waals surface area (Å²) in [5.74, 6) is -0.906. The normalized spacial score (nSPS) is 16.7. The van der Waals surface area contributed by atoms with Crippen LogP contribution in [0.2, 0.25) is 15.1 Å². The molecule has 108 heavy (non-hydrogen) atoms. The molecule has 12 heterocycles. The Morgan fingerprint density at radius 1 is 0.519 bits per heavy atom. The van der Waals surface area contributed by atoms with Gasteiger partial charge < -0.3 is 65.6 Å². The maximum atomic E-state index is 12.9. The fraction of sp³-hybridized carbons (Fsp3) is 0.415. The van der Waals surface area contributed by atoms with Gasteiger partial charge in [-0.1, -0.05) is 55.1 Å². The van der Waals surface area contributed by atoms with Crippen LogP contribution in [0.5, 0.6) is 0 Å². The number of pyridine rings is 3. The van der Waals surface area contributed by atoms with E-state index >= 15 is 0 Å². The van der Waals surface area contributed by atoms with Crippen molar-refractivity contribution in [1.29, 1.82) is 0 Å².